The van der Waals surface area contributed by atoms with E-state index in [1.165, 1.54) is 19.4 Å². The van der Waals surface area contributed by atoms with Crippen molar-refractivity contribution in [1.82, 2.24) is 15.1 Å². The van der Waals surface area contributed by atoms with E-state index < -0.39 is 0 Å². The van der Waals surface area contributed by atoms with Gasteiger partial charge in [-0.05, 0) is 59.3 Å². The van der Waals surface area contributed by atoms with Gasteiger partial charge in [0.2, 0.25) is 0 Å². The number of nitrogens with zero attached hydrogens (tertiary/aromatic N) is 2. The predicted octanol–water partition coefficient (Wildman–Crippen LogP) is 1.54. The van der Waals surface area contributed by atoms with Crippen molar-refractivity contribution in [2.75, 3.05) is 46.9 Å². The Hall–Kier alpha value is -0.160. The number of hydrogen-bond acceptors (Lipinski definition) is 4. The zero-order valence-electron chi connectivity index (χ0n) is 14.0. The maximum atomic E-state index is 9.80. The van der Waals surface area contributed by atoms with Crippen molar-refractivity contribution in [1.29, 1.82) is 0 Å². The number of likely N-dealkylation sites (N-methyl/N-ethyl adjacent to an activating group) is 1. The molecule has 0 aliphatic heterocycles. The average molecular weight is 285 g/mol. The van der Waals surface area contributed by atoms with Crippen LogP contribution in [0.3, 0.4) is 0 Å². The lowest BCUT2D eigenvalue weighted by molar-refractivity contribution is 0.137. The van der Waals surface area contributed by atoms with E-state index in [4.69, 9.17) is 0 Å². The maximum absolute atomic E-state index is 9.80. The second-order valence-electron chi connectivity index (χ2n) is 6.60. The van der Waals surface area contributed by atoms with Crippen LogP contribution in [-0.4, -0.2) is 73.4 Å². The van der Waals surface area contributed by atoms with Gasteiger partial charge in [0.05, 0.1) is 6.61 Å². The summed E-state index contributed by atoms with van der Waals surface area (Å²) in [5, 5.41) is 13.4. The lowest BCUT2D eigenvalue weighted by Crippen LogP contribution is -2.48. The minimum Gasteiger partial charge on any atom is -0.394 e. The molecule has 0 aromatic carbocycles. The van der Waals surface area contributed by atoms with Gasteiger partial charge in [0.15, 0.2) is 0 Å². The molecule has 0 aromatic heterocycles. The van der Waals surface area contributed by atoms with Gasteiger partial charge in [-0.2, -0.15) is 0 Å². The van der Waals surface area contributed by atoms with Crippen LogP contribution in [0.25, 0.3) is 0 Å². The molecule has 1 aliphatic rings. The Bertz CT molecular complexity index is 260. The summed E-state index contributed by atoms with van der Waals surface area (Å²) in [6.07, 6.45) is 5.75. The summed E-state index contributed by atoms with van der Waals surface area (Å²) >= 11 is 0. The molecule has 2 N–H and O–H groups in total. The zero-order valence-corrected chi connectivity index (χ0v) is 14.0. The molecule has 0 radical (unpaired) electrons. The van der Waals surface area contributed by atoms with Gasteiger partial charge >= 0.3 is 0 Å². The van der Waals surface area contributed by atoms with Crippen LogP contribution in [-0.2, 0) is 0 Å². The first-order valence-electron chi connectivity index (χ1n) is 8.31. The number of rotatable bonds is 10. The summed E-state index contributed by atoms with van der Waals surface area (Å²) in [4.78, 5) is 4.89. The van der Waals surface area contributed by atoms with Crippen molar-refractivity contribution < 1.29 is 5.11 Å². The molecule has 1 rings (SSSR count). The third-order valence-corrected chi connectivity index (χ3v) is 4.50. The maximum Gasteiger partial charge on any atom is 0.0613 e. The Kier molecular flexibility index (Phi) is 8.03. The Morgan fingerprint density at radius 1 is 1.15 bits per heavy atom. The molecule has 0 bridgehead atoms. The molecule has 2 atom stereocenters. The van der Waals surface area contributed by atoms with Crippen molar-refractivity contribution in [3.8, 4) is 0 Å². The van der Waals surface area contributed by atoms with Gasteiger partial charge < -0.3 is 15.3 Å². The van der Waals surface area contributed by atoms with Gasteiger partial charge in [0.25, 0.3) is 0 Å². The summed E-state index contributed by atoms with van der Waals surface area (Å²) in [6, 6.07) is 0.631. The Labute approximate surface area is 125 Å². The molecule has 20 heavy (non-hydrogen) atoms. The largest absolute Gasteiger partial charge is 0.394 e. The van der Waals surface area contributed by atoms with Crippen LogP contribution in [0.2, 0.25) is 0 Å². The lowest BCUT2D eigenvalue weighted by Gasteiger charge is -2.33. The number of aliphatic hydroxyl groups is 1. The van der Waals surface area contributed by atoms with Gasteiger partial charge in [-0.1, -0.05) is 13.8 Å². The molecule has 0 amide bonds. The van der Waals surface area contributed by atoms with Crippen molar-refractivity contribution in [3.63, 3.8) is 0 Å². The first kappa shape index (κ1) is 17.9. The predicted molar refractivity (Wildman–Crippen MR) is 86.2 cm³/mol. The lowest BCUT2D eigenvalue weighted by atomic mass is 9.98. The fourth-order valence-corrected chi connectivity index (χ4v) is 3.25. The minimum atomic E-state index is -0.0230. The van der Waals surface area contributed by atoms with Gasteiger partial charge in [0, 0.05) is 24.7 Å². The Balaban J connectivity index is 2.55. The molecule has 120 valence electrons. The van der Waals surface area contributed by atoms with E-state index in [9.17, 15) is 5.11 Å². The van der Waals surface area contributed by atoms with Crippen LogP contribution in [0.1, 0.15) is 46.0 Å². The zero-order chi connectivity index (χ0) is 15.0. The second-order valence-corrected chi connectivity index (χ2v) is 6.60. The molecule has 4 heteroatoms. The molecule has 1 aliphatic carbocycles. The molecule has 4 nitrogen and oxygen atoms in total. The molecule has 0 saturated heterocycles. The van der Waals surface area contributed by atoms with E-state index >= 15 is 0 Å². The molecular weight excluding hydrogens is 250 g/mol. The summed E-state index contributed by atoms with van der Waals surface area (Å²) in [7, 11) is 4.28. The van der Waals surface area contributed by atoms with Crippen LogP contribution >= 0.6 is 0 Å². The fourth-order valence-electron chi connectivity index (χ4n) is 3.25. The normalized spacial score (nSPS) is 26.9. The number of hydrogen-bond donors (Lipinski definition) is 2. The Morgan fingerprint density at radius 3 is 2.45 bits per heavy atom. The van der Waals surface area contributed by atoms with E-state index in [0.717, 1.165) is 38.9 Å². The topological polar surface area (TPSA) is 38.7 Å². The standard InChI is InChI=1S/C16H35N3O/c1-5-9-17-16(14-20)8-7-15(13-16)19(10-6-2)12-11-18(3)4/h15,17,20H,5-14H2,1-4H3. The van der Waals surface area contributed by atoms with Gasteiger partial charge in [-0.15, -0.1) is 0 Å². The van der Waals surface area contributed by atoms with Crippen molar-refractivity contribution >= 4 is 0 Å². The van der Waals surface area contributed by atoms with Crippen LogP contribution in [0, 0.1) is 0 Å². The van der Waals surface area contributed by atoms with Crippen LogP contribution in [0.4, 0.5) is 0 Å². The van der Waals surface area contributed by atoms with Crippen molar-refractivity contribution in [3.05, 3.63) is 0 Å². The summed E-state index contributed by atoms with van der Waals surface area (Å²) in [5.74, 6) is 0. The van der Waals surface area contributed by atoms with Gasteiger partial charge in [-0.3, -0.25) is 4.90 Å². The van der Waals surface area contributed by atoms with Crippen LogP contribution in [0.5, 0.6) is 0 Å². The van der Waals surface area contributed by atoms with Crippen LogP contribution < -0.4 is 5.32 Å². The molecule has 1 fully saturated rings. The highest BCUT2D eigenvalue weighted by atomic mass is 16.3. The highest BCUT2D eigenvalue weighted by Gasteiger charge is 2.40. The van der Waals surface area contributed by atoms with E-state index in [1.807, 2.05) is 0 Å². The Morgan fingerprint density at radius 2 is 1.90 bits per heavy atom. The number of nitrogens with one attached hydrogen (secondary N) is 1. The smallest absolute Gasteiger partial charge is 0.0613 e. The SMILES string of the molecule is CCCNC1(CO)CCC(N(CCC)CCN(C)C)C1. The third-order valence-electron chi connectivity index (χ3n) is 4.50. The first-order valence-corrected chi connectivity index (χ1v) is 8.31. The quantitative estimate of drug-likeness (QED) is 0.639. The first-order chi connectivity index (χ1) is 9.56. The highest BCUT2D eigenvalue weighted by Crippen LogP contribution is 2.33. The molecular formula is C16H35N3O. The van der Waals surface area contributed by atoms with Gasteiger partial charge in [0.1, 0.15) is 0 Å². The summed E-state index contributed by atoms with van der Waals surface area (Å²) in [6.45, 7) is 9.16. The molecule has 0 spiro atoms. The van der Waals surface area contributed by atoms with E-state index in [-0.39, 0.29) is 12.1 Å². The van der Waals surface area contributed by atoms with E-state index in [1.54, 1.807) is 0 Å². The minimum absolute atomic E-state index is 0.0230. The molecule has 0 heterocycles. The highest BCUT2D eigenvalue weighted by molar-refractivity contribution is 4.99. The molecule has 1 saturated carbocycles. The summed E-state index contributed by atoms with van der Waals surface area (Å²) in [5.41, 5.74) is -0.0230. The van der Waals surface area contributed by atoms with Crippen LogP contribution in [0.15, 0.2) is 0 Å². The van der Waals surface area contributed by atoms with Crippen molar-refractivity contribution in [2.24, 2.45) is 0 Å². The van der Waals surface area contributed by atoms with Crippen molar-refractivity contribution in [2.45, 2.75) is 57.5 Å². The monoisotopic (exact) mass is 285 g/mol. The molecule has 0 aromatic rings. The average Bonchev–Trinajstić information content (AvgIpc) is 2.86. The second kappa shape index (κ2) is 8.98. The summed E-state index contributed by atoms with van der Waals surface area (Å²) < 4.78 is 0. The van der Waals surface area contributed by atoms with Gasteiger partial charge in [-0.25, -0.2) is 0 Å². The fraction of sp³-hybridized carbons (Fsp3) is 1.00. The van der Waals surface area contributed by atoms with E-state index in [0.29, 0.717) is 6.04 Å². The number of aliphatic hydroxyl groups excluding tert-OH is 1. The van der Waals surface area contributed by atoms with E-state index in [2.05, 4.69) is 43.1 Å². The third kappa shape index (κ3) is 5.32. The molecule has 2 unspecified atom stereocenters.